The van der Waals surface area contributed by atoms with Gasteiger partial charge in [0.15, 0.2) is 11.5 Å². The predicted octanol–water partition coefficient (Wildman–Crippen LogP) is 3.29. The minimum absolute atomic E-state index is 0.0336. The summed E-state index contributed by atoms with van der Waals surface area (Å²) in [4.78, 5) is 24.8. The Hall–Kier alpha value is -3.27. The second-order valence-corrected chi connectivity index (χ2v) is 9.36. The molecule has 0 aliphatic rings. The molecule has 9 nitrogen and oxygen atoms in total. The first kappa shape index (κ1) is 26.0. The van der Waals surface area contributed by atoms with Crippen molar-refractivity contribution >= 4 is 33.3 Å². The largest absolute Gasteiger partial charge is 0.493 e. The Kier molecular flexibility index (Phi) is 8.69. The van der Waals surface area contributed by atoms with Crippen LogP contribution in [0.5, 0.6) is 11.5 Å². The Morgan fingerprint density at radius 2 is 1.67 bits per heavy atom. The number of methoxy groups -OCH3 is 3. The van der Waals surface area contributed by atoms with E-state index < -0.39 is 16.0 Å². The lowest BCUT2D eigenvalue weighted by Gasteiger charge is -2.25. The molecule has 1 N–H and O–H groups in total. The van der Waals surface area contributed by atoms with Gasteiger partial charge in [0.1, 0.15) is 0 Å². The lowest BCUT2D eigenvalue weighted by molar-refractivity contribution is -0.116. The number of rotatable bonds is 10. The van der Waals surface area contributed by atoms with Gasteiger partial charge in [-0.05, 0) is 37.5 Å². The molecule has 0 heterocycles. The average Bonchev–Trinajstić information content (AvgIpc) is 2.77. The van der Waals surface area contributed by atoms with E-state index in [4.69, 9.17) is 14.2 Å². The van der Waals surface area contributed by atoms with Crippen LogP contribution in [0.15, 0.2) is 30.3 Å². The second kappa shape index (κ2) is 11.0. The number of aryl methyl sites for hydroxylation is 1. The number of nitrogens with one attached hydrogen (secondary N) is 1. The summed E-state index contributed by atoms with van der Waals surface area (Å²) in [7, 11) is 0.562. The molecule has 180 valence electrons. The molecular formula is C23H30N2O7S. The van der Waals surface area contributed by atoms with Crippen molar-refractivity contribution in [1.82, 2.24) is 0 Å². The Bertz CT molecular complexity index is 1130. The quantitative estimate of drug-likeness (QED) is 0.522. The highest BCUT2D eigenvalue weighted by molar-refractivity contribution is 7.92. The number of sulfonamides is 1. The molecule has 1 amide bonds. The van der Waals surface area contributed by atoms with Crippen molar-refractivity contribution in [2.45, 2.75) is 26.7 Å². The Labute approximate surface area is 194 Å². The van der Waals surface area contributed by atoms with Crippen LogP contribution in [0.1, 0.15) is 34.3 Å². The van der Waals surface area contributed by atoms with Gasteiger partial charge in [-0.3, -0.25) is 9.10 Å². The first-order chi connectivity index (χ1) is 15.5. The van der Waals surface area contributed by atoms with Crippen molar-refractivity contribution in [1.29, 1.82) is 0 Å². The number of benzene rings is 2. The molecule has 0 radical (unpaired) electrons. The number of anilines is 2. The molecule has 10 heteroatoms. The summed E-state index contributed by atoms with van der Waals surface area (Å²) < 4.78 is 41.3. The number of amides is 1. The highest BCUT2D eigenvalue weighted by atomic mass is 32.2. The van der Waals surface area contributed by atoms with E-state index >= 15 is 0 Å². The highest BCUT2D eigenvalue weighted by Gasteiger charge is 2.21. The van der Waals surface area contributed by atoms with Crippen LogP contribution in [0.2, 0.25) is 0 Å². The zero-order valence-electron chi connectivity index (χ0n) is 19.7. The van der Waals surface area contributed by atoms with Crippen LogP contribution >= 0.6 is 0 Å². The molecular weight excluding hydrogens is 448 g/mol. The molecule has 2 aromatic rings. The zero-order chi connectivity index (χ0) is 24.8. The van der Waals surface area contributed by atoms with Gasteiger partial charge < -0.3 is 19.5 Å². The van der Waals surface area contributed by atoms with Crippen molar-refractivity contribution < 1.29 is 32.2 Å². The normalized spacial score (nSPS) is 11.0. The summed E-state index contributed by atoms with van der Waals surface area (Å²) >= 11 is 0. The van der Waals surface area contributed by atoms with Crippen LogP contribution in [0, 0.1) is 13.8 Å². The first-order valence-electron chi connectivity index (χ1n) is 10.2. The van der Waals surface area contributed by atoms with Crippen LogP contribution in [0.25, 0.3) is 0 Å². The topological polar surface area (TPSA) is 111 Å². The molecule has 0 fully saturated rings. The van der Waals surface area contributed by atoms with Gasteiger partial charge in [0.2, 0.25) is 15.9 Å². The lowest BCUT2D eigenvalue weighted by atomic mass is 10.1. The van der Waals surface area contributed by atoms with E-state index in [1.54, 1.807) is 12.1 Å². The van der Waals surface area contributed by atoms with E-state index in [1.807, 2.05) is 19.9 Å². The van der Waals surface area contributed by atoms with E-state index in [-0.39, 0.29) is 36.5 Å². The van der Waals surface area contributed by atoms with Crippen molar-refractivity contribution in [3.8, 4) is 11.5 Å². The maximum absolute atomic E-state index is 12.6. The Balaban J connectivity index is 2.18. The van der Waals surface area contributed by atoms with Gasteiger partial charge in [-0.25, -0.2) is 13.2 Å². The van der Waals surface area contributed by atoms with Gasteiger partial charge in [0.25, 0.3) is 0 Å². The maximum atomic E-state index is 12.6. The highest BCUT2D eigenvalue weighted by Crippen LogP contribution is 2.34. The van der Waals surface area contributed by atoms with Gasteiger partial charge >= 0.3 is 5.97 Å². The minimum atomic E-state index is -3.54. The first-order valence-corrected chi connectivity index (χ1v) is 12.1. The summed E-state index contributed by atoms with van der Waals surface area (Å²) in [5, 5.41) is 2.68. The molecule has 0 aliphatic carbocycles. The van der Waals surface area contributed by atoms with Crippen molar-refractivity contribution in [2.75, 3.05) is 43.8 Å². The molecule has 33 heavy (non-hydrogen) atoms. The third-order valence-corrected chi connectivity index (χ3v) is 6.39. The van der Waals surface area contributed by atoms with Crippen LogP contribution < -0.4 is 19.1 Å². The molecule has 2 aromatic carbocycles. The fraction of sp³-hybridized carbons (Fsp3) is 0.391. The molecule has 0 bridgehead atoms. The average molecular weight is 479 g/mol. The fourth-order valence-corrected chi connectivity index (χ4v) is 4.34. The molecule has 0 saturated heterocycles. The SMILES string of the molecule is COC(=O)c1cc(OC)c(OC)cc1NC(=O)CCCN(c1cccc(C)c1C)S(C)(=O)=O. The van der Waals surface area contributed by atoms with E-state index in [0.29, 0.717) is 17.2 Å². The fourth-order valence-electron chi connectivity index (χ4n) is 3.33. The van der Waals surface area contributed by atoms with Gasteiger partial charge in [-0.15, -0.1) is 0 Å². The summed E-state index contributed by atoms with van der Waals surface area (Å²) in [6.45, 7) is 3.90. The third-order valence-electron chi connectivity index (χ3n) is 5.21. The van der Waals surface area contributed by atoms with Crippen LogP contribution in [-0.4, -0.2) is 54.4 Å². The monoisotopic (exact) mass is 478 g/mol. The predicted molar refractivity (Wildman–Crippen MR) is 127 cm³/mol. The number of hydrogen-bond acceptors (Lipinski definition) is 7. The van der Waals surface area contributed by atoms with Gasteiger partial charge in [-0.1, -0.05) is 12.1 Å². The van der Waals surface area contributed by atoms with Crippen molar-refractivity contribution in [2.24, 2.45) is 0 Å². The van der Waals surface area contributed by atoms with Gasteiger partial charge in [-0.2, -0.15) is 0 Å². The number of nitrogens with zero attached hydrogens (tertiary/aromatic N) is 1. The Morgan fingerprint density at radius 3 is 2.24 bits per heavy atom. The zero-order valence-corrected chi connectivity index (χ0v) is 20.5. The van der Waals surface area contributed by atoms with E-state index in [9.17, 15) is 18.0 Å². The van der Waals surface area contributed by atoms with Crippen molar-refractivity contribution in [3.05, 3.63) is 47.0 Å². The summed E-state index contributed by atoms with van der Waals surface area (Å²) in [5.41, 5.74) is 2.74. The molecule has 2 rings (SSSR count). The Morgan fingerprint density at radius 1 is 1.03 bits per heavy atom. The van der Waals surface area contributed by atoms with Gasteiger partial charge in [0, 0.05) is 25.1 Å². The smallest absolute Gasteiger partial charge is 0.340 e. The summed E-state index contributed by atoms with van der Waals surface area (Å²) in [5.74, 6) is -0.391. The van der Waals surface area contributed by atoms with Crippen LogP contribution in [0.3, 0.4) is 0 Å². The molecule has 0 atom stereocenters. The van der Waals surface area contributed by atoms with E-state index in [1.165, 1.54) is 37.8 Å². The standard InChI is InChI=1S/C23H30N2O7S/c1-15-9-7-10-19(16(15)2)25(33(6,28)29)12-8-11-22(26)24-18-14-21(31-4)20(30-3)13-17(18)23(27)32-5/h7,9-10,13-14H,8,11-12H2,1-6H3,(H,24,26). The van der Waals surface area contributed by atoms with Crippen LogP contribution in [0.4, 0.5) is 11.4 Å². The number of carbonyl (C=O) groups is 2. The van der Waals surface area contributed by atoms with E-state index in [2.05, 4.69) is 5.32 Å². The minimum Gasteiger partial charge on any atom is -0.493 e. The number of ether oxygens (including phenoxy) is 3. The van der Waals surface area contributed by atoms with E-state index in [0.717, 1.165) is 17.4 Å². The van der Waals surface area contributed by atoms with Gasteiger partial charge in [0.05, 0.1) is 44.5 Å². The number of esters is 1. The molecule has 0 saturated carbocycles. The number of hydrogen-bond donors (Lipinski definition) is 1. The molecule has 0 aromatic heterocycles. The molecule has 0 unspecified atom stereocenters. The maximum Gasteiger partial charge on any atom is 0.340 e. The molecule has 0 aliphatic heterocycles. The number of carbonyl (C=O) groups excluding carboxylic acids is 2. The summed E-state index contributed by atoms with van der Waals surface area (Å²) in [6.07, 6.45) is 1.44. The summed E-state index contributed by atoms with van der Waals surface area (Å²) in [6, 6.07) is 8.35. The van der Waals surface area contributed by atoms with Crippen LogP contribution in [-0.2, 0) is 19.6 Å². The van der Waals surface area contributed by atoms with Crippen molar-refractivity contribution in [3.63, 3.8) is 0 Å². The molecule has 0 spiro atoms. The third kappa shape index (κ3) is 6.38. The second-order valence-electron chi connectivity index (χ2n) is 7.45. The lowest BCUT2D eigenvalue weighted by Crippen LogP contribution is -2.32.